The summed E-state index contributed by atoms with van der Waals surface area (Å²) in [5.74, 6) is -3.35. The van der Waals surface area contributed by atoms with Crippen LogP contribution in [0.15, 0.2) is 58.1 Å². The minimum Gasteiger partial charge on any atom is -0.464 e. The number of pyridine rings is 1. The molecular weight excluding hydrogens is 365 g/mol. The molecule has 3 aromatic rings. The van der Waals surface area contributed by atoms with Crippen molar-refractivity contribution in [2.24, 2.45) is 7.05 Å². The number of fused-ring (bicyclic) bond motifs is 1. The lowest BCUT2D eigenvalue weighted by Gasteiger charge is -2.17. The first-order valence-electron chi connectivity index (χ1n) is 8.45. The number of carbonyl (C=O) groups is 2. The predicted molar refractivity (Wildman–Crippen MR) is 102 cm³/mol. The van der Waals surface area contributed by atoms with Crippen LogP contribution in [0.3, 0.4) is 0 Å². The first-order chi connectivity index (χ1) is 13.4. The number of benzene rings is 1. The first-order valence-corrected chi connectivity index (χ1v) is 8.45. The van der Waals surface area contributed by atoms with E-state index in [2.05, 4.69) is 10.6 Å². The van der Waals surface area contributed by atoms with Gasteiger partial charge in [0.05, 0.1) is 12.2 Å². The van der Waals surface area contributed by atoms with Gasteiger partial charge < -0.3 is 29.7 Å². The van der Waals surface area contributed by atoms with Crippen LogP contribution in [0.1, 0.15) is 5.56 Å². The van der Waals surface area contributed by atoms with Crippen LogP contribution >= 0.6 is 0 Å². The van der Waals surface area contributed by atoms with Gasteiger partial charge in [0.25, 0.3) is 5.56 Å². The topological polar surface area (TPSA) is 134 Å². The number of furan rings is 1. The van der Waals surface area contributed by atoms with Gasteiger partial charge in [0.2, 0.25) is 0 Å². The second-order valence-electron chi connectivity index (χ2n) is 6.25. The van der Waals surface area contributed by atoms with Gasteiger partial charge >= 0.3 is 18.9 Å². The number of anilines is 1. The van der Waals surface area contributed by atoms with E-state index in [1.807, 2.05) is 0 Å². The van der Waals surface area contributed by atoms with E-state index in [0.29, 0.717) is 11.1 Å². The van der Waals surface area contributed by atoms with Crippen molar-refractivity contribution in [1.29, 1.82) is 0 Å². The fourth-order valence-corrected chi connectivity index (χ4v) is 2.76. The highest BCUT2D eigenvalue weighted by Gasteiger charge is 2.29. The molecule has 1 aromatic carbocycles. The Labute approximate surface area is 159 Å². The number of rotatable bonds is 5. The summed E-state index contributed by atoms with van der Waals surface area (Å²) in [7, 11) is -0.402. The molecule has 144 valence electrons. The molecule has 0 saturated heterocycles. The summed E-state index contributed by atoms with van der Waals surface area (Å²) in [5, 5.41) is 24.5. The molecule has 4 N–H and O–H groups in total. The van der Waals surface area contributed by atoms with E-state index in [1.54, 1.807) is 30.3 Å². The van der Waals surface area contributed by atoms with Gasteiger partial charge in [0.1, 0.15) is 11.3 Å². The molecule has 0 spiro atoms. The minimum absolute atomic E-state index is 0.0286. The van der Waals surface area contributed by atoms with Crippen molar-refractivity contribution in [3.05, 3.63) is 64.8 Å². The summed E-state index contributed by atoms with van der Waals surface area (Å²) in [5.41, 5.74) is 0.721. The van der Waals surface area contributed by atoms with E-state index < -0.39 is 30.4 Å². The summed E-state index contributed by atoms with van der Waals surface area (Å²) in [6.45, 7) is 0. The molecule has 0 radical (unpaired) electrons. The number of nitrogens with one attached hydrogen (secondary N) is 2. The molecule has 2 heterocycles. The predicted octanol–water partition coefficient (Wildman–Crippen LogP) is -0.191. The SMILES string of the molecule is Cn1cccc(NC(=O)C(=O)NC(Cc2coc3ccccc23)B(O)O)c1=O. The van der Waals surface area contributed by atoms with Crippen LogP contribution in [0.2, 0.25) is 0 Å². The standard InChI is InChI=1S/C18H18BN3O6/c1-22-8-4-6-13(18(22)25)20-16(23)17(24)21-15(19(26)27)9-11-10-28-14-7-3-2-5-12(11)14/h2-8,10,15,26-27H,9H2,1H3,(H,20,23)(H,21,24). The zero-order valence-electron chi connectivity index (χ0n) is 15.0. The third-order valence-electron chi connectivity index (χ3n) is 4.26. The molecule has 2 amide bonds. The van der Waals surface area contributed by atoms with Crippen molar-refractivity contribution in [2.75, 3.05) is 5.32 Å². The fraction of sp³-hybridized carbons (Fsp3) is 0.167. The Morgan fingerprint density at radius 2 is 1.93 bits per heavy atom. The van der Waals surface area contributed by atoms with Gasteiger partial charge in [0, 0.05) is 18.6 Å². The van der Waals surface area contributed by atoms with Crippen molar-refractivity contribution >= 4 is 35.6 Å². The van der Waals surface area contributed by atoms with E-state index in [9.17, 15) is 24.4 Å². The van der Waals surface area contributed by atoms with E-state index >= 15 is 0 Å². The van der Waals surface area contributed by atoms with E-state index in [1.165, 1.54) is 30.1 Å². The zero-order chi connectivity index (χ0) is 20.3. The number of aryl methyl sites for hydroxylation is 1. The van der Waals surface area contributed by atoms with Gasteiger partial charge in [0.15, 0.2) is 0 Å². The van der Waals surface area contributed by atoms with Crippen LogP contribution < -0.4 is 16.2 Å². The molecule has 1 atom stereocenters. The van der Waals surface area contributed by atoms with E-state index in [-0.39, 0.29) is 12.1 Å². The fourth-order valence-electron chi connectivity index (χ4n) is 2.76. The third kappa shape index (κ3) is 4.13. The van der Waals surface area contributed by atoms with Crippen molar-refractivity contribution in [3.63, 3.8) is 0 Å². The molecule has 1 unspecified atom stereocenters. The maximum atomic E-state index is 12.2. The van der Waals surface area contributed by atoms with E-state index in [0.717, 1.165) is 5.39 Å². The van der Waals surface area contributed by atoms with Crippen molar-refractivity contribution in [1.82, 2.24) is 9.88 Å². The Morgan fingerprint density at radius 1 is 1.18 bits per heavy atom. The first kappa shape index (κ1) is 19.4. The Balaban J connectivity index is 1.71. The minimum atomic E-state index is -1.91. The smallest absolute Gasteiger partial charge is 0.464 e. The van der Waals surface area contributed by atoms with Gasteiger partial charge in [-0.05, 0) is 30.2 Å². The number of para-hydroxylation sites is 1. The molecule has 0 saturated carbocycles. The molecule has 0 bridgehead atoms. The average molecular weight is 383 g/mol. The quantitative estimate of drug-likeness (QED) is 0.357. The molecule has 2 aromatic heterocycles. The number of nitrogens with zero attached hydrogens (tertiary/aromatic N) is 1. The maximum absolute atomic E-state index is 12.2. The average Bonchev–Trinajstić information content (AvgIpc) is 3.07. The summed E-state index contributed by atoms with van der Waals surface area (Å²) in [6.07, 6.45) is 2.99. The lowest BCUT2D eigenvalue weighted by molar-refractivity contribution is -0.136. The summed E-state index contributed by atoms with van der Waals surface area (Å²) in [6, 6.07) is 10.1. The number of carbonyl (C=O) groups excluding carboxylic acids is 2. The summed E-state index contributed by atoms with van der Waals surface area (Å²) in [4.78, 5) is 36.2. The molecule has 0 aliphatic carbocycles. The van der Waals surface area contributed by atoms with Gasteiger partial charge in [-0.1, -0.05) is 18.2 Å². The van der Waals surface area contributed by atoms with Crippen molar-refractivity contribution in [2.45, 2.75) is 12.4 Å². The highest BCUT2D eigenvalue weighted by atomic mass is 16.4. The molecular formula is C18H18BN3O6. The third-order valence-corrected chi connectivity index (χ3v) is 4.26. The second-order valence-corrected chi connectivity index (χ2v) is 6.25. The molecule has 9 nitrogen and oxygen atoms in total. The van der Waals surface area contributed by atoms with Crippen LogP contribution in [-0.4, -0.2) is 39.5 Å². The Morgan fingerprint density at radius 3 is 2.68 bits per heavy atom. The number of hydrogen-bond donors (Lipinski definition) is 4. The number of amides is 2. The van der Waals surface area contributed by atoms with Crippen LogP contribution in [0.4, 0.5) is 5.69 Å². The summed E-state index contributed by atoms with van der Waals surface area (Å²) >= 11 is 0. The van der Waals surface area contributed by atoms with Crippen molar-refractivity contribution in [3.8, 4) is 0 Å². The highest BCUT2D eigenvalue weighted by molar-refractivity contribution is 6.46. The number of hydrogen-bond acceptors (Lipinski definition) is 6. The van der Waals surface area contributed by atoms with Crippen LogP contribution in [-0.2, 0) is 23.1 Å². The molecule has 3 rings (SSSR count). The maximum Gasteiger partial charge on any atom is 0.475 e. The Kier molecular flexibility index (Phi) is 5.62. The van der Waals surface area contributed by atoms with Crippen molar-refractivity contribution < 1.29 is 24.1 Å². The largest absolute Gasteiger partial charge is 0.475 e. The highest BCUT2D eigenvalue weighted by Crippen LogP contribution is 2.22. The molecule has 0 aliphatic heterocycles. The second kappa shape index (κ2) is 8.11. The van der Waals surface area contributed by atoms with Gasteiger partial charge in [-0.3, -0.25) is 14.4 Å². The Bertz CT molecular complexity index is 1070. The Hall–Kier alpha value is -3.37. The molecule has 0 aliphatic rings. The molecule has 28 heavy (non-hydrogen) atoms. The summed E-state index contributed by atoms with van der Waals surface area (Å²) < 4.78 is 6.64. The van der Waals surface area contributed by atoms with Crippen LogP contribution in [0.5, 0.6) is 0 Å². The molecule has 0 fully saturated rings. The molecule has 10 heteroatoms. The van der Waals surface area contributed by atoms with Crippen LogP contribution in [0.25, 0.3) is 11.0 Å². The zero-order valence-corrected chi connectivity index (χ0v) is 15.0. The lowest BCUT2D eigenvalue weighted by Crippen LogP contribution is -2.51. The lowest BCUT2D eigenvalue weighted by atomic mass is 9.76. The van der Waals surface area contributed by atoms with E-state index in [4.69, 9.17) is 4.42 Å². The van der Waals surface area contributed by atoms with Gasteiger partial charge in [-0.2, -0.15) is 0 Å². The normalized spacial score (nSPS) is 11.8. The van der Waals surface area contributed by atoms with Gasteiger partial charge in [-0.25, -0.2) is 0 Å². The number of aromatic nitrogens is 1. The van der Waals surface area contributed by atoms with Gasteiger partial charge in [-0.15, -0.1) is 0 Å². The van der Waals surface area contributed by atoms with Crippen LogP contribution in [0, 0.1) is 0 Å². The monoisotopic (exact) mass is 383 g/mol.